The quantitative estimate of drug-likeness (QED) is 0.558. The predicted molar refractivity (Wildman–Crippen MR) is 141 cm³/mol. The number of rotatable bonds is 6. The molecule has 5 nitrogen and oxygen atoms in total. The SMILES string of the molecule is Cc1c(CN2CCN(C)CC2)c(CN2CCN(C)CC2)c(-c2ccccc2)n1-c1ccccc1. The average Bonchev–Trinajstić information content (AvgIpc) is 3.14. The van der Waals surface area contributed by atoms with Crippen molar-refractivity contribution in [1.82, 2.24) is 24.2 Å². The summed E-state index contributed by atoms with van der Waals surface area (Å²) in [4.78, 5) is 10.2. The Bertz CT molecular complexity index is 1060. The minimum atomic E-state index is 1.02. The first-order valence-corrected chi connectivity index (χ1v) is 12.8. The molecule has 0 saturated carbocycles. The highest BCUT2D eigenvalue weighted by Crippen LogP contribution is 2.36. The zero-order valence-electron chi connectivity index (χ0n) is 21.1. The van der Waals surface area contributed by atoms with Crippen molar-refractivity contribution < 1.29 is 0 Å². The van der Waals surface area contributed by atoms with E-state index in [9.17, 15) is 0 Å². The van der Waals surface area contributed by atoms with E-state index in [1.807, 2.05) is 0 Å². The Kier molecular flexibility index (Phi) is 7.16. The molecule has 0 atom stereocenters. The monoisotopic (exact) mass is 457 g/mol. The van der Waals surface area contributed by atoms with Crippen molar-refractivity contribution in [2.24, 2.45) is 0 Å². The van der Waals surface area contributed by atoms with Crippen molar-refractivity contribution in [2.75, 3.05) is 66.5 Å². The average molecular weight is 458 g/mol. The third-order valence-corrected chi connectivity index (χ3v) is 7.66. The molecule has 0 bridgehead atoms. The molecular weight excluding hydrogens is 418 g/mol. The Labute approximate surface area is 205 Å². The maximum Gasteiger partial charge on any atom is 0.0579 e. The number of benzene rings is 2. The maximum atomic E-state index is 2.66. The molecule has 5 rings (SSSR count). The number of aromatic nitrogens is 1. The van der Waals surface area contributed by atoms with E-state index in [4.69, 9.17) is 0 Å². The molecule has 1 aromatic heterocycles. The summed E-state index contributed by atoms with van der Waals surface area (Å²) in [6, 6.07) is 21.9. The summed E-state index contributed by atoms with van der Waals surface area (Å²) in [7, 11) is 4.47. The minimum absolute atomic E-state index is 1.02. The Balaban J connectivity index is 1.62. The molecule has 3 heterocycles. The van der Waals surface area contributed by atoms with Crippen LogP contribution >= 0.6 is 0 Å². The largest absolute Gasteiger partial charge is 0.313 e. The third kappa shape index (κ3) is 4.98. The van der Waals surface area contributed by atoms with Crippen molar-refractivity contribution in [3.63, 3.8) is 0 Å². The fourth-order valence-electron chi connectivity index (χ4n) is 5.44. The molecule has 180 valence electrons. The van der Waals surface area contributed by atoms with Crippen LogP contribution in [0.4, 0.5) is 0 Å². The normalized spacial score (nSPS) is 19.0. The first kappa shape index (κ1) is 23.3. The fraction of sp³-hybridized carbons (Fsp3) is 0.448. The molecule has 0 N–H and O–H groups in total. The Morgan fingerprint density at radius 3 is 1.59 bits per heavy atom. The summed E-state index contributed by atoms with van der Waals surface area (Å²) in [6.45, 7) is 13.5. The fourth-order valence-corrected chi connectivity index (χ4v) is 5.44. The summed E-state index contributed by atoms with van der Waals surface area (Å²) in [5.74, 6) is 0. The first-order valence-electron chi connectivity index (χ1n) is 12.8. The van der Waals surface area contributed by atoms with E-state index in [2.05, 4.69) is 106 Å². The van der Waals surface area contributed by atoms with Crippen LogP contribution in [0.2, 0.25) is 0 Å². The van der Waals surface area contributed by atoms with Crippen LogP contribution in [0.1, 0.15) is 16.8 Å². The van der Waals surface area contributed by atoms with E-state index in [-0.39, 0.29) is 0 Å². The van der Waals surface area contributed by atoms with Crippen LogP contribution < -0.4 is 0 Å². The van der Waals surface area contributed by atoms with Crippen LogP contribution in [0.25, 0.3) is 16.9 Å². The summed E-state index contributed by atoms with van der Waals surface area (Å²) < 4.78 is 2.52. The first-order chi connectivity index (χ1) is 16.6. The van der Waals surface area contributed by atoms with Gasteiger partial charge in [-0.05, 0) is 49.8 Å². The van der Waals surface area contributed by atoms with Gasteiger partial charge < -0.3 is 14.4 Å². The molecule has 0 radical (unpaired) electrons. The molecule has 0 spiro atoms. The summed E-state index contributed by atoms with van der Waals surface area (Å²) in [5, 5.41) is 0. The number of para-hydroxylation sites is 1. The molecule has 3 aromatic rings. The van der Waals surface area contributed by atoms with Gasteiger partial charge in [-0.2, -0.15) is 0 Å². The molecular formula is C29H39N5. The minimum Gasteiger partial charge on any atom is -0.313 e. The molecule has 34 heavy (non-hydrogen) atoms. The lowest BCUT2D eigenvalue weighted by Gasteiger charge is -2.34. The van der Waals surface area contributed by atoms with Gasteiger partial charge in [0.15, 0.2) is 0 Å². The van der Waals surface area contributed by atoms with Gasteiger partial charge in [0.25, 0.3) is 0 Å². The van der Waals surface area contributed by atoms with Crippen molar-refractivity contribution in [2.45, 2.75) is 20.0 Å². The highest BCUT2D eigenvalue weighted by Gasteiger charge is 2.27. The van der Waals surface area contributed by atoms with Crippen LogP contribution in [0.15, 0.2) is 60.7 Å². The molecule has 2 saturated heterocycles. The molecule has 2 aliphatic heterocycles. The van der Waals surface area contributed by atoms with Gasteiger partial charge in [-0.25, -0.2) is 0 Å². The maximum absolute atomic E-state index is 2.66. The van der Waals surface area contributed by atoms with Gasteiger partial charge in [-0.3, -0.25) is 9.80 Å². The Morgan fingerprint density at radius 1 is 0.588 bits per heavy atom. The molecule has 5 heteroatoms. The van der Waals surface area contributed by atoms with E-state index in [1.165, 1.54) is 33.8 Å². The molecule has 2 fully saturated rings. The summed E-state index contributed by atoms with van der Waals surface area (Å²) in [5.41, 5.74) is 8.34. The molecule has 0 amide bonds. The van der Waals surface area contributed by atoms with Crippen LogP contribution in [0.3, 0.4) is 0 Å². The highest BCUT2D eigenvalue weighted by atomic mass is 15.3. The van der Waals surface area contributed by atoms with Crippen molar-refractivity contribution in [3.05, 3.63) is 77.5 Å². The number of piperazine rings is 2. The third-order valence-electron chi connectivity index (χ3n) is 7.66. The van der Waals surface area contributed by atoms with Gasteiger partial charge >= 0.3 is 0 Å². The lowest BCUT2D eigenvalue weighted by molar-refractivity contribution is 0.141. The number of hydrogen-bond donors (Lipinski definition) is 0. The summed E-state index contributed by atoms with van der Waals surface area (Å²) >= 11 is 0. The number of likely N-dealkylation sites (N-methyl/N-ethyl adjacent to an activating group) is 2. The molecule has 2 aromatic carbocycles. The molecule has 0 aliphatic carbocycles. The zero-order valence-corrected chi connectivity index (χ0v) is 21.1. The molecule has 2 aliphatic rings. The second-order valence-corrected chi connectivity index (χ2v) is 10.1. The number of hydrogen-bond acceptors (Lipinski definition) is 4. The summed E-state index contributed by atoms with van der Waals surface area (Å²) in [6.07, 6.45) is 0. The van der Waals surface area contributed by atoms with E-state index in [0.717, 1.165) is 65.4 Å². The standard InChI is InChI=1S/C29H39N5/c1-24-27(22-32-18-14-30(2)15-19-32)28(23-33-20-16-31(3)17-21-33)29(25-10-6-4-7-11-25)34(24)26-12-8-5-9-13-26/h4-13H,14-23H2,1-3H3. The van der Waals surface area contributed by atoms with Gasteiger partial charge in [0.1, 0.15) is 0 Å². The lowest BCUT2D eigenvalue weighted by atomic mass is 10.0. The van der Waals surface area contributed by atoms with E-state index < -0.39 is 0 Å². The van der Waals surface area contributed by atoms with Crippen LogP contribution in [-0.4, -0.2) is 90.6 Å². The van der Waals surface area contributed by atoms with Gasteiger partial charge in [-0.1, -0.05) is 48.5 Å². The Morgan fingerprint density at radius 2 is 1.06 bits per heavy atom. The zero-order chi connectivity index (χ0) is 23.5. The Hall–Kier alpha value is -2.44. The van der Waals surface area contributed by atoms with E-state index in [1.54, 1.807) is 0 Å². The van der Waals surface area contributed by atoms with Crippen molar-refractivity contribution >= 4 is 0 Å². The van der Waals surface area contributed by atoms with Crippen LogP contribution in [0.5, 0.6) is 0 Å². The lowest BCUT2D eigenvalue weighted by Crippen LogP contribution is -2.45. The second kappa shape index (κ2) is 10.4. The van der Waals surface area contributed by atoms with Gasteiger partial charge in [0.2, 0.25) is 0 Å². The van der Waals surface area contributed by atoms with Crippen molar-refractivity contribution in [1.29, 1.82) is 0 Å². The smallest absolute Gasteiger partial charge is 0.0579 e. The van der Waals surface area contributed by atoms with Crippen LogP contribution in [0, 0.1) is 6.92 Å². The number of nitrogens with zero attached hydrogens (tertiary/aromatic N) is 5. The molecule has 0 unspecified atom stereocenters. The van der Waals surface area contributed by atoms with Gasteiger partial charge in [0.05, 0.1) is 5.69 Å². The van der Waals surface area contributed by atoms with Gasteiger partial charge in [-0.15, -0.1) is 0 Å². The van der Waals surface area contributed by atoms with Crippen molar-refractivity contribution in [3.8, 4) is 16.9 Å². The topological polar surface area (TPSA) is 17.9 Å². The van der Waals surface area contributed by atoms with Crippen LogP contribution in [-0.2, 0) is 13.1 Å². The van der Waals surface area contributed by atoms with E-state index >= 15 is 0 Å². The second-order valence-electron chi connectivity index (χ2n) is 10.1. The van der Waals surface area contributed by atoms with E-state index in [0.29, 0.717) is 0 Å². The highest BCUT2D eigenvalue weighted by molar-refractivity contribution is 5.70. The van der Waals surface area contributed by atoms with Gasteiger partial charge in [0, 0.05) is 76.8 Å². The predicted octanol–water partition coefficient (Wildman–Crippen LogP) is 3.95.